The summed E-state index contributed by atoms with van der Waals surface area (Å²) in [5, 5.41) is 14.4. The van der Waals surface area contributed by atoms with Crippen molar-refractivity contribution >= 4 is 12.0 Å². The minimum atomic E-state index is -0.787. The number of aliphatic carboxylic acids is 1. The van der Waals surface area contributed by atoms with Crippen LogP contribution in [0.1, 0.15) is 30.7 Å². The fraction of sp³-hybridized carbons (Fsp3) is 0.538. The molecular formula is C13H18N4O3. The van der Waals surface area contributed by atoms with Crippen molar-refractivity contribution in [2.75, 3.05) is 0 Å². The van der Waals surface area contributed by atoms with Gasteiger partial charge in [0.25, 0.3) is 0 Å². The van der Waals surface area contributed by atoms with Crippen molar-refractivity contribution in [2.24, 2.45) is 5.92 Å². The van der Waals surface area contributed by atoms with Gasteiger partial charge in [-0.1, -0.05) is 0 Å². The third-order valence-electron chi connectivity index (χ3n) is 3.38. The largest absolute Gasteiger partial charge is 0.481 e. The van der Waals surface area contributed by atoms with Gasteiger partial charge in [0.15, 0.2) is 0 Å². The van der Waals surface area contributed by atoms with Crippen LogP contribution in [0.5, 0.6) is 0 Å². The Bertz CT molecular complexity index is 489. The van der Waals surface area contributed by atoms with Crippen LogP contribution in [0.15, 0.2) is 12.4 Å². The van der Waals surface area contributed by atoms with Gasteiger partial charge in [0, 0.05) is 12.2 Å². The molecule has 1 aromatic rings. The Labute approximate surface area is 116 Å². The van der Waals surface area contributed by atoms with Gasteiger partial charge >= 0.3 is 12.0 Å². The number of hydrogen-bond donors (Lipinski definition) is 3. The van der Waals surface area contributed by atoms with Crippen LogP contribution in [0.4, 0.5) is 4.79 Å². The second-order valence-electron chi connectivity index (χ2n) is 5.02. The second-order valence-corrected chi connectivity index (χ2v) is 5.02. The number of aryl methyl sites for hydroxylation is 1. The zero-order chi connectivity index (χ0) is 14.5. The first-order valence-electron chi connectivity index (χ1n) is 6.59. The number of nitrogens with zero attached hydrogens (tertiary/aromatic N) is 2. The third-order valence-corrected chi connectivity index (χ3v) is 3.38. The average molecular weight is 278 g/mol. The monoisotopic (exact) mass is 278 g/mol. The van der Waals surface area contributed by atoms with E-state index in [0.29, 0.717) is 31.5 Å². The molecule has 0 bridgehead atoms. The molecule has 1 aliphatic carbocycles. The average Bonchev–Trinajstić information content (AvgIpc) is 2.87. The molecule has 2 rings (SSSR count). The Kier molecular flexibility index (Phi) is 4.49. The predicted molar refractivity (Wildman–Crippen MR) is 70.9 cm³/mol. The van der Waals surface area contributed by atoms with E-state index in [1.165, 1.54) is 0 Å². The minimum Gasteiger partial charge on any atom is -0.481 e. The maximum absolute atomic E-state index is 11.7. The van der Waals surface area contributed by atoms with Crippen molar-refractivity contribution in [1.29, 1.82) is 0 Å². The molecule has 2 atom stereocenters. The highest BCUT2D eigenvalue weighted by atomic mass is 16.4. The lowest BCUT2D eigenvalue weighted by Gasteiger charge is -2.13. The van der Waals surface area contributed by atoms with E-state index >= 15 is 0 Å². The summed E-state index contributed by atoms with van der Waals surface area (Å²) in [6, 6.07) is -0.372. The van der Waals surface area contributed by atoms with E-state index in [-0.39, 0.29) is 18.0 Å². The molecule has 0 saturated heterocycles. The Balaban J connectivity index is 1.73. The smallest absolute Gasteiger partial charge is 0.315 e. The molecule has 2 amide bonds. The number of carboxylic acids is 1. The molecule has 20 heavy (non-hydrogen) atoms. The Morgan fingerprint density at radius 2 is 2.15 bits per heavy atom. The van der Waals surface area contributed by atoms with E-state index in [4.69, 9.17) is 5.11 Å². The number of carboxylic acid groups (broad SMARTS) is 1. The molecule has 1 saturated carbocycles. The fourth-order valence-electron chi connectivity index (χ4n) is 2.25. The van der Waals surface area contributed by atoms with Crippen LogP contribution >= 0.6 is 0 Å². The summed E-state index contributed by atoms with van der Waals surface area (Å²) in [5.41, 5.74) is 1.50. The van der Waals surface area contributed by atoms with E-state index in [1.54, 1.807) is 12.4 Å². The summed E-state index contributed by atoms with van der Waals surface area (Å²) in [5.74, 6) is -1.13. The molecule has 108 valence electrons. The summed E-state index contributed by atoms with van der Waals surface area (Å²) < 4.78 is 0. The van der Waals surface area contributed by atoms with E-state index in [2.05, 4.69) is 20.6 Å². The van der Waals surface area contributed by atoms with Gasteiger partial charge in [-0.2, -0.15) is 0 Å². The van der Waals surface area contributed by atoms with E-state index in [1.807, 2.05) is 6.92 Å². The first kappa shape index (κ1) is 14.2. The molecule has 1 heterocycles. The van der Waals surface area contributed by atoms with Gasteiger partial charge in [-0.05, 0) is 26.2 Å². The zero-order valence-electron chi connectivity index (χ0n) is 11.3. The molecule has 0 aromatic carbocycles. The molecule has 2 unspecified atom stereocenters. The van der Waals surface area contributed by atoms with Crippen LogP contribution in [0.3, 0.4) is 0 Å². The number of rotatable bonds is 4. The maximum atomic E-state index is 11.7. The third kappa shape index (κ3) is 3.91. The van der Waals surface area contributed by atoms with Gasteiger partial charge in [-0.3, -0.25) is 14.8 Å². The zero-order valence-corrected chi connectivity index (χ0v) is 11.3. The van der Waals surface area contributed by atoms with E-state index < -0.39 is 5.97 Å². The molecule has 0 radical (unpaired) electrons. The molecule has 1 aliphatic rings. The van der Waals surface area contributed by atoms with Crippen LogP contribution in [0.2, 0.25) is 0 Å². The topological polar surface area (TPSA) is 104 Å². The highest BCUT2D eigenvalue weighted by molar-refractivity contribution is 5.75. The van der Waals surface area contributed by atoms with E-state index in [9.17, 15) is 9.59 Å². The van der Waals surface area contributed by atoms with Gasteiger partial charge in [0.2, 0.25) is 0 Å². The van der Waals surface area contributed by atoms with Gasteiger partial charge in [-0.25, -0.2) is 4.79 Å². The van der Waals surface area contributed by atoms with Crippen molar-refractivity contribution < 1.29 is 14.7 Å². The van der Waals surface area contributed by atoms with Crippen LogP contribution in [-0.2, 0) is 11.3 Å². The van der Waals surface area contributed by atoms with Crippen molar-refractivity contribution in [1.82, 2.24) is 20.6 Å². The highest BCUT2D eigenvalue weighted by Crippen LogP contribution is 2.25. The lowest BCUT2D eigenvalue weighted by Crippen LogP contribution is -2.41. The minimum absolute atomic E-state index is 0.0693. The predicted octanol–water partition coefficient (Wildman–Crippen LogP) is 0.838. The van der Waals surface area contributed by atoms with Crippen molar-refractivity contribution in [3.05, 3.63) is 23.8 Å². The summed E-state index contributed by atoms with van der Waals surface area (Å²) >= 11 is 0. The van der Waals surface area contributed by atoms with Crippen molar-refractivity contribution in [2.45, 2.75) is 38.8 Å². The molecular weight excluding hydrogens is 260 g/mol. The van der Waals surface area contributed by atoms with Crippen molar-refractivity contribution in [3.63, 3.8) is 0 Å². The van der Waals surface area contributed by atoms with Gasteiger partial charge in [-0.15, -0.1) is 0 Å². The molecule has 0 spiro atoms. The Hall–Kier alpha value is -2.18. The Morgan fingerprint density at radius 3 is 2.75 bits per heavy atom. The standard InChI is InChI=1S/C13H18N4O3/c1-8-5-15-11(6-14-8)7-16-13(20)17-10-3-2-9(4-10)12(18)19/h5-6,9-10H,2-4,7H2,1H3,(H,18,19)(H2,16,17,20). The second kappa shape index (κ2) is 6.31. The number of carbonyl (C=O) groups is 2. The number of hydrogen-bond acceptors (Lipinski definition) is 4. The summed E-state index contributed by atoms with van der Waals surface area (Å²) in [6.45, 7) is 2.14. The summed E-state index contributed by atoms with van der Waals surface area (Å²) in [7, 11) is 0. The number of aromatic nitrogens is 2. The van der Waals surface area contributed by atoms with Gasteiger partial charge in [0.1, 0.15) is 0 Å². The molecule has 7 nitrogen and oxygen atoms in total. The quantitative estimate of drug-likeness (QED) is 0.757. The molecule has 1 aromatic heterocycles. The van der Waals surface area contributed by atoms with E-state index in [0.717, 1.165) is 5.69 Å². The highest BCUT2D eigenvalue weighted by Gasteiger charge is 2.30. The van der Waals surface area contributed by atoms with Crippen LogP contribution in [-0.4, -0.2) is 33.1 Å². The van der Waals surface area contributed by atoms with Crippen LogP contribution in [0.25, 0.3) is 0 Å². The molecule has 7 heteroatoms. The number of nitrogens with one attached hydrogen (secondary N) is 2. The molecule has 3 N–H and O–H groups in total. The normalized spacial score (nSPS) is 21.4. The SMILES string of the molecule is Cc1cnc(CNC(=O)NC2CCC(C(=O)O)C2)cn1. The van der Waals surface area contributed by atoms with Crippen molar-refractivity contribution in [3.8, 4) is 0 Å². The first-order chi connectivity index (χ1) is 9.54. The molecule has 1 fully saturated rings. The lowest BCUT2D eigenvalue weighted by atomic mass is 10.1. The first-order valence-corrected chi connectivity index (χ1v) is 6.59. The summed E-state index contributed by atoms with van der Waals surface area (Å²) in [4.78, 5) is 30.8. The van der Waals surface area contributed by atoms with Crippen LogP contribution in [0, 0.1) is 12.8 Å². The number of amides is 2. The Morgan fingerprint density at radius 1 is 1.35 bits per heavy atom. The summed E-state index contributed by atoms with van der Waals surface area (Å²) in [6.07, 6.45) is 5.07. The van der Waals surface area contributed by atoms with Gasteiger partial charge < -0.3 is 15.7 Å². The number of carbonyl (C=O) groups excluding carboxylic acids is 1. The van der Waals surface area contributed by atoms with Crippen LogP contribution < -0.4 is 10.6 Å². The maximum Gasteiger partial charge on any atom is 0.315 e. The lowest BCUT2D eigenvalue weighted by molar-refractivity contribution is -0.141. The van der Waals surface area contributed by atoms with Gasteiger partial charge in [0.05, 0.1) is 30.0 Å². The molecule has 0 aliphatic heterocycles. The fourth-order valence-corrected chi connectivity index (χ4v) is 2.25. The number of urea groups is 1.